The zero-order valence-corrected chi connectivity index (χ0v) is 14.9. The Bertz CT molecular complexity index is 467. The third-order valence-electron chi connectivity index (χ3n) is 4.41. The quantitative estimate of drug-likeness (QED) is 0.309. The Hall–Kier alpha value is -1.53. The predicted molar refractivity (Wildman–Crippen MR) is 98.5 cm³/mol. The van der Waals surface area contributed by atoms with E-state index in [-0.39, 0.29) is 6.42 Å². The fourth-order valence-electron chi connectivity index (χ4n) is 2.75. The number of aliphatic hydroxyl groups is 1. The highest BCUT2D eigenvalue weighted by molar-refractivity contribution is 5.66. The molecule has 1 aliphatic carbocycles. The Morgan fingerprint density at radius 1 is 1.17 bits per heavy atom. The van der Waals surface area contributed by atoms with Gasteiger partial charge in [0.05, 0.1) is 0 Å². The average Bonchev–Trinajstić information content (AvgIpc) is 3.29. The van der Waals surface area contributed by atoms with Gasteiger partial charge < -0.3 is 10.2 Å². The topological polar surface area (TPSA) is 57.5 Å². The minimum Gasteiger partial charge on any atom is -0.481 e. The van der Waals surface area contributed by atoms with Crippen LogP contribution in [0.2, 0.25) is 0 Å². The lowest BCUT2D eigenvalue weighted by molar-refractivity contribution is -0.137. The summed E-state index contributed by atoms with van der Waals surface area (Å²) >= 11 is 0. The van der Waals surface area contributed by atoms with Gasteiger partial charge in [-0.2, -0.15) is 0 Å². The van der Waals surface area contributed by atoms with Crippen molar-refractivity contribution in [2.75, 3.05) is 0 Å². The van der Waals surface area contributed by atoms with Crippen LogP contribution < -0.4 is 0 Å². The second-order valence-corrected chi connectivity index (χ2v) is 6.69. The van der Waals surface area contributed by atoms with Gasteiger partial charge >= 0.3 is 5.97 Å². The number of carboxylic acid groups (broad SMARTS) is 1. The van der Waals surface area contributed by atoms with Crippen LogP contribution in [-0.4, -0.2) is 22.3 Å². The number of hydrogen-bond acceptors (Lipinski definition) is 2. The minimum absolute atomic E-state index is 0.259. The van der Waals surface area contributed by atoms with E-state index in [1.165, 1.54) is 12.8 Å². The number of rotatable bonds is 12. The Morgan fingerprint density at radius 3 is 2.62 bits per heavy atom. The fourth-order valence-corrected chi connectivity index (χ4v) is 2.75. The summed E-state index contributed by atoms with van der Waals surface area (Å²) in [5.41, 5.74) is 0. The standard InChI is InChI=1S/C21H32O3/c1-2-3-7-14-20(22)15-10-6-9-13-19-17-18(19)12-8-4-5-11-16-21(23)24/h4,6,8-9,18-20,22H,2-3,5,7,11-14,16-17H2,1H3,(H,23,24)/b8-4-,9-6-/t18-,19+,20+/m1/s1. The molecule has 0 bridgehead atoms. The van der Waals surface area contributed by atoms with Crippen molar-refractivity contribution >= 4 is 5.97 Å². The minimum atomic E-state index is -0.714. The molecule has 134 valence electrons. The van der Waals surface area contributed by atoms with Crippen LogP contribution in [0, 0.1) is 23.7 Å². The van der Waals surface area contributed by atoms with Crippen molar-refractivity contribution in [2.45, 2.75) is 77.2 Å². The number of aliphatic hydroxyl groups excluding tert-OH is 1. The summed E-state index contributed by atoms with van der Waals surface area (Å²) in [6.07, 6.45) is 17.3. The molecule has 0 spiro atoms. The van der Waals surface area contributed by atoms with Crippen molar-refractivity contribution in [1.29, 1.82) is 0 Å². The van der Waals surface area contributed by atoms with E-state index in [2.05, 4.69) is 37.0 Å². The maximum Gasteiger partial charge on any atom is 0.303 e. The normalized spacial score (nSPS) is 20.9. The predicted octanol–water partition coefficient (Wildman–Crippen LogP) is 4.71. The van der Waals surface area contributed by atoms with E-state index >= 15 is 0 Å². The molecule has 1 saturated carbocycles. The van der Waals surface area contributed by atoms with Crippen LogP contribution in [0.1, 0.15) is 71.1 Å². The van der Waals surface area contributed by atoms with Gasteiger partial charge in [-0.1, -0.05) is 49.8 Å². The van der Waals surface area contributed by atoms with E-state index in [1.807, 2.05) is 6.08 Å². The number of carbonyl (C=O) groups is 1. The van der Waals surface area contributed by atoms with Gasteiger partial charge in [0.25, 0.3) is 0 Å². The second kappa shape index (κ2) is 12.8. The van der Waals surface area contributed by atoms with Crippen LogP contribution >= 0.6 is 0 Å². The van der Waals surface area contributed by atoms with E-state index in [0.29, 0.717) is 0 Å². The molecule has 0 saturated heterocycles. The maximum absolute atomic E-state index is 10.4. The van der Waals surface area contributed by atoms with Crippen molar-refractivity contribution in [3.8, 4) is 11.8 Å². The highest BCUT2D eigenvalue weighted by atomic mass is 16.4. The maximum atomic E-state index is 10.4. The molecular weight excluding hydrogens is 300 g/mol. The van der Waals surface area contributed by atoms with Gasteiger partial charge in [0.1, 0.15) is 6.10 Å². The zero-order valence-electron chi connectivity index (χ0n) is 14.9. The molecule has 1 aliphatic rings. The van der Waals surface area contributed by atoms with Crippen LogP contribution in [0.4, 0.5) is 0 Å². The van der Waals surface area contributed by atoms with E-state index < -0.39 is 12.1 Å². The third-order valence-corrected chi connectivity index (χ3v) is 4.41. The van der Waals surface area contributed by atoms with Gasteiger partial charge in [-0.25, -0.2) is 0 Å². The van der Waals surface area contributed by atoms with Crippen LogP contribution in [-0.2, 0) is 4.79 Å². The lowest BCUT2D eigenvalue weighted by Gasteiger charge is -2.00. The molecule has 3 nitrogen and oxygen atoms in total. The molecule has 3 atom stereocenters. The largest absolute Gasteiger partial charge is 0.481 e. The Kier molecular flexibility index (Phi) is 11.0. The average molecular weight is 332 g/mol. The summed E-state index contributed by atoms with van der Waals surface area (Å²) < 4.78 is 0. The molecule has 24 heavy (non-hydrogen) atoms. The molecule has 0 radical (unpaired) electrons. The Morgan fingerprint density at radius 2 is 1.92 bits per heavy atom. The second-order valence-electron chi connectivity index (χ2n) is 6.69. The van der Waals surface area contributed by atoms with E-state index in [1.54, 1.807) is 0 Å². The molecular formula is C21H32O3. The summed E-state index contributed by atoms with van der Waals surface area (Å²) in [4.78, 5) is 10.4. The molecule has 0 amide bonds. The molecule has 0 heterocycles. The van der Waals surface area contributed by atoms with Crippen molar-refractivity contribution in [2.24, 2.45) is 11.8 Å². The summed E-state index contributed by atoms with van der Waals surface area (Å²) in [7, 11) is 0. The fraction of sp³-hybridized carbons (Fsp3) is 0.667. The molecule has 0 aromatic rings. The SMILES string of the molecule is CCCCC[C@H](O)C#C/C=C\C[C@H]1C[C@H]1C/C=C\CCCC(=O)O. The molecule has 0 aliphatic heterocycles. The van der Waals surface area contributed by atoms with Gasteiger partial charge in [-0.15, -0.1) is 0 Å². The third kappa shape index (κ3) is 11.1. The summed E-state index contributed by atoms with van der Waals surface area (Å²) in [6.45, 7) is 2.15. The van der Waals surface area contributed by atoms with E-state index in [4.69, 9.17) is 5.11 Å². The smallest absolute Gasteiger partial charge is 0.303 e. The van der Waals surface area contributed by atoms with Crippen LogP contribution in [0.5, 0.6) is 0 Å². The van der Waals surface area contributed by atoms with Gasteiger partial charge in [0, 0.05) is 6.42 Å². The van der Waals surface area contributed by atoms with Gasteiger partial charge in [0.15, 0.2) is 0 Å². The molecule has 1 rings (SSSR count). The Labute approximate surface area is 146 Å². The summed E-state index contributed by atoms with van der Waals surface area (Å²) in [5.74, 6) is 6.64. The number of unbranched alkanes of at least 4 members (excludes halogenated alkanes) is 3. The highest BCUT2D eigenvalue weighted by Gasteiger charge is 2.34. The lowest BCUT2D eigenvalue weighted by atomic mass is 10.1. The first-order valence-corrected chi connectivity index (χ1v) is 9.34. The number of hydrogen-bond donors (Lipinski definition) is 2. The van der Waals surface area contributed by atoms with Gasteiger partial charge in [-0.05, 0) is 62.9 Å². The van der Waals surface area contributed by atoms with Crippen LogP contribution in [0.15, 0.2) is 24.3 Å². The molecule has 1 fully saturated rings. The summed E-state index contributed by atoms with van der Waals surface area (Å²) in [6, 6.07) is 0. The monoisotopic (exact) mass is 332 g/mol. The lowest BCUT2D eigenvalue weighted by Crippen LogP contribution is -2.01. The first-order chi connectivity index (χ1) is 11.6. The highest BCUT2D eigenvalue weighted by Crippen LogP contribution is 2.44. The van der Waals surface area contributed by atoms with E-state index in [9.17, 15) is 9.90 Å². The van der Waals surface area contributed by atoms with E-state index in [0.717, 1.165) is 56.8 Å². The molecule has 0 aromatic carbocycles. The van der Waals surface area contributed by atoms with Crippen molar-refractivity contribution < 1.29 is 15.0 Å². The first-order valence-electron chi connectivity index (χ1n) is 9.34. The number of allylic oxidation sites excluding steroid dienone is 4. The van der Waals surface area contributed by atoms with Gasteiger partial charge in [-0.3, -0.25) is 4.79 Å². The van der Waals surface area contributed by atoms with Crippen molar-refractivity contribution in [3.63, 3.8) is 0 Å². The number of aliphatic carboxylic acids is 1. The number of carboxylic acids is 1. The van der Waals surface area contributed by atoms with Crippen LogP contribution in [0.25, 0.3) is 0 Å². The molecule has 0 aromatic heterocycles. The Balaban J connectivity index is 2.03. The van der Waals surface area contributed by atoms with Gasteiger partial charge in [0.2, 0.25) is 0 Å². The van der Waals surface area contributed by atoms with Crippen molar-refractivity contribution in [3.05, 3.63) is 24.3 Å². The molecule has 2 N–H and O–H groups in total. The summed E-state index contributed by atoms with van der Waals surface area (Å²) in [5, 5.41) is 18.2. The zero-order chi connectivity index (χ0) is 17.6. The molecule has 3 heteroatoms. The van der Waals surface area contributed by atoms with Crippen LogP contribution in [0.3, 0.4) is 0 Å². The van der Waals surface area contributed by atoms with Crippen molar-refractivity contribution in [1.82, 2.24) is 0 Å². The first kappa shape index (κ1) is 20.5. The molecule has 0 unspecified atom stereocenters.